The number of anilines is 3. The molecule has 0 aliphatic carbocycles. The molecule has 2 aromatic carbocycles. The molecule has 0 radical (unpaired) electrons. The van der Waals surface area contributed by atoms with Crippen LogP contribution in [0.5, 0.6) is 0 Å². The highest BCUT2D eigenvalue weighted by Gasteiger charge is 2.10. The Morgan fingerprint density at radius 1 is 0.939 bits per heavy atom. The Kier molecular flexibility index (Phi) is 6.59. The minimum absolute atomic E-state index is 0.909. The number of hydrogen-bond acceptors (Lipinski definition) is 5. The maximum absolute atomic E-state index is 4.91. The van der Waals surface area contributed by atoms with Gasteiger partial charge in [0, 0.05) is 67.6 Å². The molecule has 0 fully saturated rings. The SMILES string of the molecule is C=C(c1ccc(-c2cc(Nc3ccc(N(C)C)cc3)c3cnccc3n2)cc1)N(CC)CC. The summed E-state index contributed by atoms with van der Waals surface area (Å²) in [7, 11) is 4.08. The van der Waals surface area contributed by atoms with Crippen LogP contribution in [0.15, 0.2) is 79.6 Å². The molecule has 4 rings (SSSR count). The number of rotatable bonds is 8. The van der Waals surface area contributed by atoms with Gasteiger partial charge in [-0.15, -0.1) is 0 Å². The van der Waals surface area contributed by atoms with Gasteiger partial charge in [-0.1, -0.05) is 30.8 Å². The van der Waals surface area contributed by atoms with E-state index in [1.165, 1.54) is 0 Å². The number of hydrogen-bond donors (Lipinski definition) is 1. The zero-order valence-corrected chi connectivity index (χ0v) is 19.8. The van der Waals surface area contributed by atoms with Crippen LogP contribution < -0.4 is 10.2 Å². The summed E-state index contributed by atoms with van der Waals surface area (Å²) in [4.78, 5) is 13.6. The number of fused-ring (bicyclic) bond motifs is 1. The molecule has 4 aromatic rings. The molecule has 0 aliphatic heterocycles. The molecule has 0 unspecified atom stereocenters. The first-order valence-electron chi connectivity index (χ1n) is 11.3. The van der Waals surface area contributed by atoms with Crippen LogP contribution in [0, 0.1) is 0 Å². The van der Waals surface area contributed by atoms with Crippen molar-refractivity contribution >= 4 is 33.7 Å². The Hall–Kier alpha value is -3.86. The van der Waals surface area contributed by atoms with E-state index in [0.29, 0.717) is 0 Å². The van der Waals surface area contributed by atoms with Gasteiger partial charge in [0.25, 0.3) is 0 Å². The van der Waals surface area contributed by atoms with Crippen LogP contribution in [-0.2, 0) is 0 Å². The molecule has 5 nitrogen and oxygen atoms in total. The van der Waals surface area contributed by atoms with Crippen LogP contribution in [0.4, 0.5) is 17.1 Å². The van der Waals surface area contributed by atoms with Gasteiger partial charge in [0.05, 0.1) is 16.9 Å². The highest BCUT2D eigenvalue weighted by molar-refractivity contribution is 5.94. The molecule has 0 amide bonds. The fourth-order valence-electron chi connectivity index (χ4n) is 3.94. The van der Waals surface area contributed by atoms with Crippen molar-refractivity contribution in [2.45, 2.75) is 13.8 Å². The Balaban J connectivity index is 1.68. The molecule has 33 heavy (non-hydrogen) atoms. The molecule has 0 atom stereocenters. The normalized spacial score (nSPS) is 10.8. The van der Waals surface area contributed by atoms with Gasteiger partial charge in [0.1, 0.15) is 0 Å². The quantitative estimate of drug-likeness (QED) is 0.345. The van der Waals surface area contributed by atoms with Gasteiger partial charge in [0.2, 0.25) is 0 Å². The van der Waals surface area contributed by atoms with Crippen molar-refractivity contribution in [3.8, 4) is 11.3 Å². The predicted octanol–water partition coefficient (Wildman–Crippen LogP) is 6.42. The number of benzene rings is 2. The fraction of sp³-hybridized carbons (Fsp3) is 0.214. The van der Waals surface area contributed by atoms with E-state index < -0.39 is 0 Å². The first-order chi connectivity index (χ1) is 16.0. The van der Waals surface area contributed by atoms with Crippen LogP contribution >= 0.6 is 0 Å². The number of pyridine rings is 2. The second kappa shape index (κ2) is 9.74. The summed E-state index contributed by atoms with van der Waals surface area (Å²) in [6.45, 7) is 10.5. The molecule has 1 N–H and O–H groups in total. The van der Waals surface area contributed by atoms with Gasteiger partial charge in [-0.05, 0) is 55.8 Å². The van der Waals surface area contributed by atoms with Crippen LogP contribution in [0.25, 0.3) is 27.9 Å². The lowest BCUT2D eigenvalue weighted by molar-refractivity contribution is 0.443. The second-order valence-electron chi connectivity index (χ2n) is 8.21. The molecule has 0 aliphatic rings. The predicted molar refractivity (Wildman–Crippen MR) is 141 cm³/mol. The van der Waals surface area contributed by atoms with E-state index in [0.717, 1.165) is 63.6 Å². The number of nitrogens with one attached hydrogen (secondary N) is 1. The largest absolute Gasteiger partial charge is 0.378 e. The zero-order chi connectivity index (χ0) is 23.4. The summed E-state index contributed by atoms with van der Waals surface area (Å²) in [5.74, 6) is 0. The standard InChI is InChI=1S/C28H31N5/c1-6-33(7-2)20(3)21-8-10-22(11-9-21)27-18-28(25-19-29-17-16-26(25)31-27)30-23-12-14-24(15-13-23)32(4)5/h8-19H,3,6-7H2,1-2,4-5H3,(H,30,31). The highest BCUT2D eigenvalue weighted by Crippen LogP contribution is 2.31. The van der Waals surface area contributed by atoms with Crippen LogP contribution in [-0.4, -0.2) is 42.1 Å². The lowest BCUT2D eigenvalue weighted by Gasteiger charge is -2.23. The average molecular weight is 438 g/mol. The van der Waals surface area contributed by atoms with Gasteiger partial charge in [-0.2, -0.15) is 0 Å². The summed E-state index contributed by atoms with van der Waals surface area (Å²) in [5, 5.41) is 4.55. The third-order valence-electron chi connectivity index (χ3n) is 5.93. The number of aromatic nitrogens is 2. The minimum atomic E-state index is 0.909. The van der Waals surface area contributed by atoms with Crippen molar-refractivity contribution in [3.05, 3.63) is 85.2 Å². The van der Waals surface area contributed by atoms with Gasteiger partial charge in [-0.25, -0.2) is 4.98 Å². The summed E-state index contributed by atoms with van der Waals surface area (Å²) < 4.78 is 0. The Bertz CT molecular complexity index is 1240. The van der Waals surface area contributed by atoms with Gasteiger partial charge in [-0.3, -0.25) is 4.98 Å². The lowest BCUT2D eigenvalue weighted by Crippen LogP contribution is -2.20. The maximum atomic E-state index is 4.91. The van der Waals surface area contributed by atoms with Crippen molar-refractivity contribution < 1.29 is 0 Å². The first kappa shape index (κ1) is 22.3. The summed E-state index contributed by atoms with van der Waals surface area (Å²) in [6.07, 6.45) is 3.64. The van der Waals surface area contributed by atoms with Crippen molar-refractivity contribution in [1.29, 1.82) is 0 Å². The van der Waals surface area contributed by atoms with Crippen molar-refractivity contribution in [2.24, 2.45) is 0 Å². The zero-order valence-electron chi connectivity index (χ0n) is 19.8. The van der Waals surface area contributed by atoms with E-state index in [1.807, 2.05) is 26.4 Å². The molecule has 0 bridgehead atoms. The maximum Gasteiger partial charge on any atom is 0.0761 e. The van der Waals surface area contributed by atoms with Crippen molar-refractivity contribution in [2.75, 3.05) is 37.4 Å². The van der Waals surface area contributed by atoms with E-state index in [9.17, 15) is 0 Å². The number of nitrogens with zero attached hydrogens (tertiary/aromatic N) is 4. The second-order valence-corrected chi connectivity index (χ2v) is 8.21. The summed E-state index contributed by atoms with van der Waals surface area (Å²) in [6, 6.07) is 20.9. The van der Waals surface area contributed by atoms with E-state index in [1.54, 1.807) is 6.20 Å². The summed E-state index contributed by atoms with van der Waals surface area (Å²) in [5.41, 5.74) is 8.24. The van der Waals surface area contributed by atoms with Crippen molar-refractivity contribution in [1.82, 2.24) is 14.9 Å². The third-order valence-corrected chi connectivity index (χ3v) is 5.93. The van der Waals surface area contributed by atoms with Crippen LogP contribution in [0.3, 0.4) is 0 Å². The average Bonchev–Trinajstić information content (AvgIpc) is 2.85. The molecular formula is C28H31N5. The van der Waals surface area contributed by atoms with Gasteiger partial charge < -0.3 is 15.1 Å². The Labute approximate surface area is 196 Å². The molecule has 5 heteroatoms. The van der Waals surface area contributed by atoms with Crippen molar-refractivity contribution in [3.63, 3.8) is 0 Å². The molecule has 2 heterocycles. The van der Waals surface area contributed by atoms with Gasteiger partial charge in [0.15, 0.2) is 0 Å². The van der Waals surface area contributed by atoms with E-state index in [-0.39, 0.29) is 0 Å². The minimum Gasteiger partial charge on any atom is -0.378 e. The lowest BCUT2D eigenvalue weighted by atomic mass is 10.0. The van der Waals surface area contributed by atoms with E-state index in [2.05, 4.69) is 95.1 Å². The topological polar surface area (TPSA) is 44.3 Å². The van der Waals surface area contributed by atoms with Gasteiger partial charge >= 0.3 is 0 Å². The summed E-state index contributed by atoms with van der Waals surface area (Å²) >= 11 is 0. The molecule has 0 saturated carbocycles. The van der Waals surface area contributed by atoms with E-state index in [4.69, 9.17) is 4.98 Å². The third kappa shape index (κ3) is 4.82. The monoisotopic (exact) mass is 437 g/mol. The molecular weight excluding hydrogens is 406 g/mol. The molecule has 2 aromatic heterocycles. The smallest absolute Gasteiger partial charge is 0.0761 e. The first-order valence-corrected chi connectivity index (χ1v) is 11.3. The molecule has 0 spiro atoms. The highest BCUT2D eigenvalue weighted by atomic mass is 15.1. The Morgan fingerprint density at radius 2 is 1.64 bits per heavy atom. The Morgan fingerprint density at radius 3 is 2.27 bits per heavy atom. The van der Waals surface area contributed by atoms with E-state index >= 15 is 0 Å². The fourth-order valence-corrected chi connectivity index (χ4v) is 3.94. The van der Waals surface area contributed by atoms with Crippen LogP contribution in [0.1, 0.15) is 19.4 Å². The molecule has 0 saturated heterocycles. The van der Waals surface area contributed by atoms with Crippen LogP contribution in [0.2, 0.25) is 0 Å². The molecule has 168 valence electrons.